The predicted octanol–water partition coefficient (Wildman–Crippen LogP) is 1.46. The summed E-state index contributed by atoms with van der Waals surface area (Å²) in [5.41, 5.74) is 1.06. The van der Waals surface area contributed by atoms with E-state index in [2.05, 4.69) is 0 Å². The topological polar surface area (TPSA) is 40.5 Å². The molecule has 0 aliphatic carbocycles. The molecule has 1 aliphatic rings. The number of carbonyl (C=O) groups is 1. The second-order valence-electron chi connectivity index (χ2n) is 4.69. The summed E-state index contributed by atoms with van der Waals surface area (Å²) in [4.78, 5) is 14.0. The van der Waals surface area contributed by atoms with E-state index >= 15 is 0 Å². The Bertz CT molecular complexity index is 364. The van der Waals surface area contributed by atoms with Gasteiger partial charge in [-0.1, -0.05) is 30.3 Å². The number of piperidine rings is 1. The molecule has 1 saturated heterocycles. The van der Waals surface area contributed by atoms with E-state index in [0.29, 0.717) is 13.0 Å². The van der Waals surface area contributed by atoms with Crippen LogP contribution in [0.1, 0.15) is 18.4 Å². The normalized spacial score (nSPS) is 20.3. The molecule has 1 amide bonds. The molecular weight excluding hydrogens is 214 g/mol. The van der Waals surface area contributed by atoms with Crippen molar-refractivity contribution in [1.29, 1.82) is 0 Å². The lowest BCUT2D eigenvalue weighted by Gasteiger charge is -2.32. The van der Waals surface area contributed by atoms with Crippen molar-refractivity contribution >= 4 is 5.91 Å². The Hall–Kier alpha value is -1.35. The minimum atomic E-state index is 0.175. The Morgan fingerprint density at radius 3 is 2.82 bits per heavy atom. The van der Waals surface area contributed by atoms with Gasteiger partial charge in [0.25, 0.3) is 0 Å². The van der Waals surface area contributed by atoms with E-state index in [1.165, 1.54) is 0 Å². The zero-order valence-electron chi connectivity index (χ0n) is 10.0. The SMILES string of the molecule is O=C(Cc1ccccc1)N1CCC[C@H](CO)C1. The molecule has 0 saturated carbocycles. The summed E-state index contributed by atoms with van der Waals surface area (Å²) in [6, 6.07) is 9.82. The second-order valence-corrected chi connectivity index (χ2v) is 4.69. The lowest BCUT2D eigenvalue weighted by atomic mass is 9.98. The van der Waals surface area contributed by atoms with E-state index < -0.39 is 0 Å². The van der Waals surface area contributed by atoms with E-state index in [9.17, 15) is 4.79 Å². The van der Waals surface area contributed by atoms with Crippen LogP contribution in [0.2, 0.25) is 0 Å². The number of aliphatic hydroxyl groups is 1. The monoisotopic (exact) mass is 233 g/mol. The van der Waals surface area contributed by atoms with Gasteiger partial charge in [-0.3, -0.25) is 4.79 Å². The van der Waals surface area contributed by atoms with Gasteiger partial charge in [0.1, 0.15) is 0 Å². The smallest absolute Gasteiger partial charge is 0.226 e. The van der Waals surface area contributed by atoms with E-state index in [0.717, 1.165) is 24.9 Å². The molecule has 1 fully saturated rings. The van der Waals surface area contributed by atoms with E-state index in [1.54, 1.807) is 0 Å². The van der Waals surface area contributed by atoms with Gasteiger partial charge < -0.3 is 10.0 Å². The molecule has 1 aromatic rings. The molecule has 0 aromatic heterocycles. The van der Waals surface area contributed by atoms with Crippen molar-refractivity contribution in [3.63, 3.8) is 0 Å². The number of aliphatic hydroxyl groups excluding tert-OH is 1. The van der Waals surface area contributed by atoms with Crippen molar-refractivity contribution < 1.29 is 9.90 Å². The van der Waals surface area contributed by atoms with E-state index in [4.69, 9.17) is 5.11 Å². The fourth-order valence-electron chi connectivity index (χ4n) is 2.32. The first kappa shape index (κ1) is 12.1. The number of amides is 1. The highest BCUT2D eigenvalue weighted by atomic mass is 16.3. The molecule has 1 N–H and O–H groups in total. The Morgan fingerprint density at radius 2 is 2.12 bits per heavy atom. The van der Waals surface area contributed by atoms with Crippen LogP contribution in [0.4, 0.5) is 0 Å². The molecule has 1 atom stereocenters. The Balaban J connectivity index is 1.91. The lowest BCUT2D eigenvalue weighted by Crippen LogP contribution is -2.41. The summed E-state index contributed by atoms with van der Waals surface area (Å²) in [6.45, 7) is 1.74. The number of rotatable bonds is 3. The highest BCUT2D eigenvalue weighted by Crippen LogP contribution is 2.16. The fraction of sp³-hybridized carbons (Fsp3) is 0.500. The molecule has 1 heterocycles. The molecule has 0 radical (unpaired) electrons. The number of carbonyl (C=O) groups excluding carboxylic acids is 1. The summed E-state index contributed by atoms with van der Waals surface area (Å²) in [5.74, 6) is 0.442. The third-order valence-electron chi connectivity index (χ3n) is 3.33. The molecule has 1 aromatic carbocycles. The number of benzene rings is 1. The van der Waals surface area contributed by atoms with Gasteiger partial charge in [-0.15, -0.1) is 0 Å². The minimum absolute atomic E-state index is 0.175. The maximum absolute atomic E-state index is 12.1. The van der Waals surface area contributed by atoms with Crippen LogP contribution in [0, 0.1) is 5.92 Å². The average Bonchev–Trinajstić information content (AvgIpc) is 2.40. The van der Waals surface area contributed by atoms with Crippen molar-refractivity contribution in [2.75, 3.05) is 19.7 Å². The van der Waals surface area contributed by atoms with Crippen molar-refractivity contribution in [1.82, 2.24) is 4.90 Å². The van der Waals surface area contributed by atoms with E-state index in [1.807, 2.05) is 35.2 Å². The number of nitrogens with zero attached hydrogens (tertiary/aromatic N) is 1. The van der Waals surface area contributed by atoms with Crippen molar-refractivity contribution in [2.24, 2.45) is 5.92 Å². The van der Waals surface area contributed by atoms with Gasteiger partial charge >= 0.3 is 0 Å². The first-order valence-electron chi connectivity index (χ1n) is 6.22. The quantitative estimate of drug-likeness (QED) is 0.858. The Kier molecular flexibility index (Phi) is 4.15. The zero-order chi connectivity index (χ0) is 12.1. The maximum Gasteiger partial charge on any atom is 0.226 e. The van der Waals surface area contributed by atoms with Crippen LogP contribution in [0.5, 0.6) is 0 Å². The molecule has 2 rings (SSSR count). The Morgan fingerprint density at radius 1 is 1.35 bits per heavy atom. The van der Waals surface area contributed by atoms with Gasteiger partial charge in [0.2, 0.25) is 5.91 Å². The molecule has 0 unspecified atom stereocenters. The first-order chi connectivity index (χ1) is 8.29. The van der Waals surface area contributed by atoms with Gasteiger partial charge in [-0.2, -0.15) is 0 Å². The molecule has 3 nitrogen and oxygen atoms in total. The first-order valence-corrected chi connectivity index (χ1v) is 6.22. The molecule has 1 aliphatic heterocycles. The van der Waals surface area contributed by atoms with Crippen LogP contribution in [0.25, 0.3) is 0 Å². The summed E-state index contributed by atoms with van der Waals surface area (Å²) < 4.78 is 0. The fourth-order valence-corrected chi connectivity index (χ4v) is 2.32. The maximum atomic E-state index is 12.1. The number of hydrogen-bond acceptors (Lipinski definition) is 2. The van der Waals surface area contributed by atoms with Crippen LogP contribution in [-0.4, -0.2) is 35.6 Å². The van der Waals surface area contributed by atoms with Crippen LogP contribution in [-0.2, 0) is 11.2 Å². The molecule has 92 valence electrons. The van der Waals surface area contributed by atoms with Crippen molar-refractivity contribution in [3.05, 3.63) is 35.9 Å². The molecular formula is C14H19NO2. The third kappa shape index (κ3) is 3.30. The van der Waals surface area contributed by atoms with Crippen LogP contribution in [0.3, 0.4) is 0 Å². The highest BCUT2D eigenvalue weighted by molar-refractivity contribution is 5.78. The molecule has 0 bridgehead atoms. The second kappa shape index (κ2) is 5.82. The van der Waals surface area contributed by atoms with Gasteiger partial charge in [0.15, 0.2) is 0 Å². The van der Waals surface area contributed by atoms with E-state index in [-0.39, 0.29) is 18.4 Å². The summed E-state index contributed by atoms with van der Waals surface area (Å²) in [5, 5.41) is 9.14. The summed E-state index contributed by atoms with van der Waals surface area (Å²) in [6.07, 6.45) is 2.51. The van der Waals surface area contributed by atoms with Crippen LogP contribution < -0.4 is 0 Å². The van der Waals surface area contributed by atoms with Crippen molar-refractivity contribution in [2.45, 2.75) is 19.3 Å². The highest BCUT2D eigenvalue weighted by Gasteiger charge is 2.22. The Labute approximate surface area is 102 Å². The number of hydrogen-bond donors (Lipinski definition) is 1. The minimum Gasteiger partial charge on any atom is -0.396 e. The molecule has 3 heteroatoms. The largest absolute Gasteiger partial charge is 0.396 e. The summed E-state index contributed by atoms with van der Waals surface area (Å²) >= 11 is 0. The molecule has 0 spiro atoms. The van der Waals surface area contributed by atoms with Gasteiger partial charge in [-0.05, 0) is 24.3 Å². The lowest BCUT2D eigenvalue weighted by molar-refractivity contribution is -0.132. The standard InChI is InChI=1S/C14H19NO2/c16-11-13-7-4-8-15(10-13)14(17)9-12-5-2-1-3-6-12/h1-3,5-6,13,16H,4,7-11H2/t13-/m0/s1. The van der Waals surface area contributed by atoms with Crippen LogP contribution in [0.15, 0.2) is 30.3 Å². The van der Waals surface area contributed by atoms with Gasteiger partial charge in [-0.25, -0.2) is 0 Å². The number of likely N-dealkylation sites (tertiary alicyclic amines) is 1. The summed E-state index contributed by atoms with van der Waals surface area (Å²) in [7, 11) is 0. The van der Waals surface area contributed by atoms with Crippen LogP contribution >= 0.6 is 0 Å². The van der Waals surface area contributed by atoms with Gasteiger partial charge in [0.05, 0.1) is 6.42 Å². The van der Waals surface area contributed by atoms with Crippen molar-refractivity contribution in [3.8, 4) is 0 Å². The predicted molar refractivity (Wildman–Crippen MR) is 66.5 cm³/mol. The van der Waals surface area contributed by atoms with Gasteiger partial charge in [0, 0.05) is 19.7 Å². The average molecular weight is 233 g/mol. The third-order valence-corrected chi connectivity index (χ3v) is 3.33. The zero-order valence-corrected chi connectivity index (χ0v) is 10.0. The molecule has 17 heavy (non-hydrogen) atoms.